The molecule has 2 aromatic carbocycles. The van der Waals surface area contributed by atoms with Gasteiger partial charge in [-0.1, -0.05) is 24.3 Å². The minimum absolute atomic E-state index is 0.378. The second-order valence-corrected chi connectivity index (χ2v) is 4.58. The highest BCUT2D eigenvalue weighted by atomic mass is 19.4. The number of para-hydroxylation sites is 1. The number of benzene rings is 2. The van der Waals surface area contributed by atoms with Gasteiger partial charge >= 0.3 is 6.18 Å². The molecular weight excluding hydrogens is 277 g/mol. The van der Waals surface area contributed by atoms with Crippen molar-refractivity contribution >= 4 is 22.3 Å². The van der Waals surface area contributed by atoms with E-state index in [1.165, 1.54) is 6.07 Å². The third-order valence-corrected chi connectivity index (χ3v) is 3.10. The van der Waals surface area contributed by atoms with Crippen LogP contribution >= 0.6 is 0 Å². The summed E-state index contributed by atoms with van der Waals surface area (Å²) < 4.78 is 38.2. The van der Waals surface area contributed by atoms with Gasteiger partial charge in [-0.15, -0.1) is 0 Å². The summed E-state index contributed by atoms with van der Waals surface area (Å²) >= 11 is 0. The van der Waals surface area contributed by atoms with Gasteiger partial charge in [0.25, 0.3) is 0 Å². The summed E-state index contributed by atoms with van der Waals surface area (Å²) in [5.74, 6) is 0. The van der Waals surface area contributed by atoms with Crippen molar-refractivity contribution in [3.63, 3.8) is 0 Å². The first-order chi connectivity index (χ1) is 10.0. The molecule has 2 nitrogen and oxygen atoms in total. The van der Waals surface area contributed by atoms with Crippen molar-refractivity contribution in [3.8, 4) is 0 Å². The number of nitrogens with one attached hydrogen (secondary N) is 1. The van der Waals surface area contributed by atoms with Crippen LogP contribution in [-0.2, 0) is 6.18 Å². The fraction of sp³-hybridized carbons (Fsp3) is 0.0625. The van der Waals surface area contributed by atoms with Gasteiger partial charge in [0.15, 0.2) is 0 Å². The molecule has 0 saturated heterocycles. The van der Waals surface area contributed by atoms with Crippen LogP contribution in [0.1, 0.15) is 5.56 Å². The number of rotatable bonds is 2. The molecule has 21 heavy (non-hydrogen) atoms. The molecule has 106 valence electrons. The number of hydrogen-bond donors (Lipinski definition) is 1. The van der Waals surface area contributed by atoms with Gasteiger partial charge in [0, 0.05) is 17.3 Å². The van der Waals surface area contributed by atoms with Gasteiger partial charge in [0.1, 0.15) is 0 Å². The van der Waals surface area contributed by atoms with Gasteiger partial charge in [-0.05, 0) is 30.3 Å². The molecular formula is C16H11F3N2. The molecule has 0 fully saturated rings. The van der Waals surface area contributed by atoms with E-state index in [2.05, 4.69) is 10.3 Å². The quantitative estimate of drug-likeness (QED) is 0.718. The summed E-state index contributed by atoms with van der Waals surface area (Å²) in [7, 11) is 0. The molecule has 3 rings (SSSR count). The lowest BCUT2D eigenvalue weighted by atomic mass is 10.1. The van der Waals surface area contributed by atoms with E-state index >= 15 is 0 Å². The minimum atomic E-state index is -4.35. The molecule has 0 aliphatic carbocycles. The molecule has 5 heteroatoms. The lowest BCUT2D eigenvalue weighted by molar-refractivity contribution is -0.137. The SMILES string of the molecule is FC(F)(F)c1cccc(Nc2cccc3cccnc23)c1. The molecule has 0 aliphatic heterocycles. The van der Waals surface area contributed by atoms with Crippen molar-refractivity contribution in [1.82, 2.24) is 4.98 Å². The van der Waals surface area contributed by atoms with E-state index in [9.17, 15) is 13.2 Å². The van der Waals surface area contributed by atoms with Gasteiger partial charge in [-0.2, -0.15) is 13.2 Å². The van der Waals surface area contributed by atoms with Crippen molar-refractivity contribution in [2.24, 2.45) is 0 Å². The maximum atomic E-state index is 12.7. The van der Waals surface area contributed by atoms with E-state index in [1.54, 1.807) is 18.3 Å². The number of hydrogen-bond acceptors (Lipinski definition) is 2. The molecule has 0 radical (unpaired) electrons. The first-order valence-corrected chi connectivity index (χ1v) is 6.32. The molecule has 1 aromatic heterocycles. The maximum Gasteiger partial charge on any atom is 0.416 e. The topological polar surface area (TPSA) is 24.9 Å². The first kappa shape index (κ1) is 13.4. The van der Waals surface area contributed by atoms with Crippen LogP contribution in [0.15, 0.2) is 60.8 Å². The smallest absolute Gasteiger partial charge is 0.354 e. The van der Waals surface area contributed by atoms with Crippen LogP contribution in [-0.4, -0.2) is 4.98 Å². The second-order valence-electron chi connectivity index (χ2n) is 4.58. The lowest BCUT2D eigenvalue weighted by Gasteiger charge is -2.12. The Bertz CT molecular complexity index is 776. The summed E-state index contributed by atoms with van der Waals surface area (Å²) in [4.78, 5) is 4.26. The fourth-order valence-corrected chi connectivity index (χ4v) is 2.13. The number of anilines is 2. The number of fused-ring (bicyclic) bond motifs is 1. The highest BCUT2D eigenvalue weighted by molar-refractivity contribution is 5.91. The van der Waals surface area contributed by atoms with Crippen LogP contribution in [0.5, 0.6) is 0 Å². The molecule has 3 aromatic rings. The summed E-state index contributed by atoms with van der Waals surface area (Å²) in [6, 6.07) is 14.3. The second kappa shape index (κ2) is 5.09. The Balaban J connectivity index is 1.99. The van der Waals surface area contributed by atoms with Gasteiger partial charge in [0.05, 0.1) is 16.8 Å². The minimum Gasteiger partial charge on any atom is -0.354 e. The number of alkyl halides is 3. The van der Waals surface area contributed by atoms with Gasteiger partial charge in [0.2, 0.25) is 0 Å². The average Bonchev–Trinajstić information content (AvgIpc) is 2.47. The van der Waals surface area contributed by atoms with Gasteiger partial charge < -0.3 is 5.32 Å². The molecule has 0 saturated carbocycles. The van der Waals surface area contributed by atoms with Crippen LogP contribution in [0.3, 0.4) is 0 Å². The average molecular weight is 288 g/mol. The van der Waals surface area contributed by atoms with E-state index in [-0.39, 0.29) is 0 Å². The highest BCUT2D eigenvalue weighted by Crippen LogP contribution is 2.32. The first-order valence-electron chi connectivity index (χ1n) is 6.32. The molecule has 1 heterocycles. The summed E-state index contributed by atoms with van der Waals surface area (Å²) in [6.45, 7) is 0. The van der Waals surface area contributed by atoms with Gasteiger partial charge in [-0.3, -0.25) is 4.98 Å². The summed E-state index contributed by atoms with van der Waals surface area (Å²) in [5.41, 5.74) is 1.09. The zero-order valence-electron chi connectivity index (χ0n) is 10.9. The van der Waals surface area contributed by atoms with Crippen LogP contribution in [0.4, 0.5) is 24.5 Å². The number of nitrogens with zero attached hydrogens (tertiary/aromatic N) is 1. The highest BCUT2D eigenvalue weighted by Gasteiger charge is 2.30. The predicted molar refractivity (Wildman–Crippen MR) is 76.5 cm³/mol. The van der Waals surface area contributed by atoms with Crippen molar-refractivity contribution < 1.29 is 13.2 Å². The van der Waals surface area contributed by atoms with Crippen molar-refractivity contribution in [3.05, 3.63) is 66.4 Å². The lowest BCUT2D eigenvalue weighted by Crippen LogP contribution is -2.05. The van der Waals surface area contributed by atoms with E-state index in [0.717, 1.165) is 23.0 Å². The molecule has 0 bridgehead atoms. The third kappa shape index (κ3) is 2.81. The van der Waals surface area contributed by atoms with E-state index in [0.29, 0.717) is 11.4 Å². The van der Waals surface area contributed by atoms with Crippen LogP contribution in [0.25, 0.3) is 10.9 Å². The van der Waals surface area contributed by atoms with E-state index in [1.807, 2.05) is 24.3 Å². The van der Waals surface area contributed by atoms with Crippen LogP contribution in [0.2, 0.25) is 0 Å². The predicted octanol–water partition coefficient (Wildman–Crippen LogP) is 5.00. The standard InChI is InChI=1S/C16H11F3N2/c17-16(18,19)12-6-2-7-13(10-12)21-14-8-1-4-11-5-3-9-20-15(11)14/h1-10,21H. The van der Waals surface area contributed by atoms with Crippen molar-refractivity contribution in [2.75, 3.05) is 5.32 Å². The van der Waals surface area contributed by atoms with Crippen molar-refractivity contribution in [1.29, 1.82) is 0 Å². The summed E-state index contributed by atoms with van der Waals surface area (Å²) in [6.07, 6.45) is -2.70. The number of aromatic nitrogens is 1. The Labute approximate surface area is 119 Å². The Morgan fingerprint density at radius 1 is 0.905 bits per heavy atom. The monoisotopic (exact) mass is 288 g/mol. The third-order valence-electron chi connectivity index (χ3n) is 3.10. The fourth-order valence-electron chi connectivity index (χ4n) is 2.13. The van der Waals surface area contributed by atoms with E-state index < -0.39 is 11.7 Å². The molecule has 0 atom stereocenters. The molecule has 0 spiro atoms. The Morgan fingerprint density at radius 3 is 2.48 bits per heavy atom. The Kier molecular flexibility index (Phi) is 3.25. The Morgan fingerprint density at radius 2 is 1.67 bits per heavy atom. The molecule has 0 aliphatic rings. The molecule has 0 unspecified atom stereocenters. The maximum absolute atomic E-state index is 12.7. The zero-order chi connectivity index (χ0) is 14.9. The Hall–Kier alpha value is -2.56. The zero-order valence-corrected chi connectivity index (χ0v) is 10.9. The van der Waals surface area contributed by atoms with Crippen molar-refractivity contribution in [2.45, 2.75) is 6.18 Å². The number of pyridine rings is 1. The van der Waals surface area contributed by atoms with Gasteiger partial charge in [-0.25, -0.2) is 0 Å². The largest absolute Gasteiger partial charge is 0.416 e. The molecule has 0 amide bonds. The normalized spacial score (nSPS) is 11.6. The molecule has 1 N–H and O–H groups in total. The summed E-state index contributed by atoms with van der Waals surface area (Å²) in [5, 5.41) is 3.92. The number of halogens is 3. The van der Waals surface area contributed by atoms with E-state index in [4.69, 9.17) is 0 Å². The van der Waals surface area contributed by atoms with Crippen LogP contribution in [0, 0.1) is 0 Å². The van der Waals surface area contributed by atoms with Crippen LogP contribution < -0.4 is 5.32 Å².